The van der Waals surface area contributed by atoms with Crippen LogP contribution < -0.4 is 14.8 Å². The molecule has 0 saturated heterocycles. The Bertz CT molecular complexity index is 1050. The van der Waals surface area contributed by atoms with Gasteiger partial charge in [-0.05, 0) is 48.9 Å². The smallest absolute Gasteiger partial charge is 0.266 e. The summed E-state index contributed by atoms with van der Waals surface area (Å²) >= 11 is 0. The maximum absolute atomic E-state index is 12.5. The van der Waals surface area contributed by atoms with E-state index in [4.69, 9.17) is 9.47 Å². The summed E-state index contributed by atoms with van der Waals surface area (Å²) in [6, 6.07) is 26.1. The molecule has 0 heterocycles. The van der Waals surface area contributed by atoms with Crippen LogP contribution in [0.1, 0.15) is 18.1 Å². The van der Waals surface area contributed by atoms with E-state index in [2.05, 4.69) is 5.32 Å². The quantitative estimate of drug-likeness (QED) is 0.418. The number of carbonyl (C=O) groups excluding carboxylic acids is 1. The lowest BCUT2D eigenvalue weighted by atomic mass is 10.1. The van der Waals surface area contributed by atoms with Crippen LogP contribution in [0, 0.1) is 11.3 Å². The van der Waals surface area contributed by atoms with Crippen LogP contribution in [0.15, 0.2) is 84.4 Å². The maximum atomic E-state index is 12.5. The van der Waals surface area contributed by atoms with Gasteiger partial charge < -0.3 is 14.8 Å². The Morgan fingerprint density at radius 2 is 1.67 bits per heavy atom. The number of carbonyl (C=O) groups is 1. The molecular weight excluding hydrogens is 376 g/mol. The molecular formula is C25H22N2O3. The topological polar surface area (TPSA) is 71.3 Å². The van der Waals surface area contributed by atoms with Gasteiger partial charge in [0.1, 0.15) is 29.7 Å². The molecule has 0 aliphatic heterocycles. The molecule has 0 saturated carbocycles. The van der Waals surface area contributed by atoms with Gasteiger partial charge in [-0.25, -0.2) is 0 Å². The summed E-state index contributed by atoms with van der Waals surface area (Å²) in [7, 11) is 0. The maximum Gasteiger partial charge on any atom is 0.266 e. The number of nitriles is 1. The highest BCUT2D eigenvalue weighted by molar-refractivity contribution is 6.09. The largest absolute Gasteiger partial charge is 0.493 e. The first kappa shape index (κ1) is 20.7. The van der Waals surface area contributed by atoms with E-state index in [1.165, 1.54) is 6.08 Å². The van der Waals surface area contributed by atoms with Crippen LogP contribution in [0.5, 0.6) is 11.5 Å². The van der Waals surface area contributed by atoms with Gasteiger partial charge in [0.15, 0.2) is 0 Å². The van der Waals surface area contributed by atoms with Crippen molar-refractivity contribution in [3.8, 4) is 17.6 Å². The van der Waals surface area contributed by atoms with Crippen molar-refractivity contribution in [1.82, 2.24) is 0 Å². The number of nitrogens with one attached hydrogen (secondary N) is 1. The van der Waals surface area contributed by atoms with Crippen molar-refractivity contribution in [2.24, 2.45) is 0 Å². The Balaban J connectivity index is 1.65. The molecule has 0 aromatic heterocycles. The van der Waals surface area contributed by atoms with Gasteiger partial charge in [-0.2, -0.15) is 5.26 Å². The van der Waals surface area contributed by atoms with Gasteiger partial charge in [-0.1, -0.05) is 48.5 Å². The summed E-state index contributed by atoms with van der Waals surface area (Å²) in [6.45, 7) is 2.84. The third-order valence-corrected chi connectivity index (χ3v) is 4.24. The first-order chi connectivity index (χ1) is 14.7. The lowest BCUT2D eigenvalue weighted by Gasteiger charge is -2.09. The van der Waals surface area contributed by atoms with E-state index >= 15 is 0 Å². The molecule has 0 fully saturated rings. The Kier molecular flexibility index (Phi) is 7.23. The fraction of sp³-hybridized carbons (Fsp3) is 0.120. The predicted molar refractivity (Wildman–Crippen MR) is 117 cm³/mol. The van der Waals surface area contributed by atoms with Gasteiger partial charge >= 0.3 is 0 Å². The fourth-order valence-electron chi connectivity index (χ4n) is 2.76. The van der Waals surface area contributed by atoms with E-state index in [1.54, 1.807) is 36.4 Å². The molecule has 0 atom stereocenters. The zero-order valence-corrected chi connectivity index (χ0v) is 16.7. The molecule has 1 N–H and O–H groups in total. The van der Waals surface area contributed by atoms with Crippen LogP contribution >= 0.6 is 0 Å². The standard InChI is InChI=1S/C25H22N2O3/c1-2-29-24-11-7-6-10-20(24)16-21(17-26)25(28)27-22-12-14-23(15-13-22)30-18-19-8-4-3-5-9-19/h3-16H,2,18H2,1H3,(H,27,28)/b21-16+. The molecule has 0 radical (unpaired) electrons. The molecule has 1 amide bonds. The highest BCUT2D eigenvalue weighted by atomic mass is 16.5. The summed E-state index contributed by atoms with van der Waals surface area (Å²) in [4.78, 5) is 12.5. The third-order valence-electron chi connectivity index (χ3n) is 4.24. The van der Waals surface area contributed by atoms with E-state index in [-0.39, 0.29) is 5.57 Å². The summed E-state index contributed by atoms with van der Waals surface area (Å²) < 4.78 is 11.3. The molecule has 150 valence electrons. The second-order valence-corrected chi connectivity index (χ2v) is 6.39. The minimum atomic E-state index is -0.484. The fourth-order valence-corrected chi connectivity index (χ4v) is 2.76. The number of ether oxygens (including phenoxy) is 2. The molecule has 3 aromatic rings. The van der Waals surface area contributed by atoms with E-state index in [9.17, 15) is 10.1 Å². The van der Waals surface area contributed by atoms with E-state index in [1.807, 2.05) is 55.5 Å². The predicted octanol–water partition coefficient (Wildman–Crippen LogP) is 5.21. The van der Waals surface area contributed by atoms with Gasteiger partial charge in [0, 0.05) is 11.3 Å². The molecule has 0 bridgehead atoms. The average molecular weight is 398 g/mol. The number of anilines is 1. The van der Waals surface area contributed by atoms with Crippen molar-refractivity contribution in [3.05, 3.63) is 95.6 Å². The highest BCUT2D eigenvalue weighted by Gasteiger charge is 2.11. The van der Waals surface area contributed by atoms with Gasteiger partial charge in [0.05, 0.1) is 6.61 Å². The van der Waals surface area contributed by atoms with Crippen molar-refractivity contribution in [3.63, 3.8) is 0 Å². The Morgan fingerprint density at radius 1 is 0.967 bits per heavy atom. The summed E-state index contributed by atoms with van der Waals surface area (Å²) in [6.07, 6.45) is 1.53. The van der Waals surface area contributed by atoms with E-state index in [0.29, 0.717) is 36.0 Å². The van der Waals surface area contributed by atoms with Gasteiger partial charge in [0.25, 0.3) is 5.91 Å². The van der Waals surface area contributed by atoms with Crippen molar-refractivity contribution < 1.29 is 14.3 Å². The SMILES string of the molecule is CCOc1ccccc1/C=C(\C#N)C(=O)Nc1ccc(OCc2ccccc2)cc1. The highest BCUT2D eigenvalue weighted by Crippen LogP contribution is 2.22. The Labute approximate surface area is 176 Å². The van der Waals surface area contributed by atoms with Crippen molar-refractivity contribution in [2.45, 2.75) is 13.5 Å². The third kappa shape index (κ3) is 5.73. The molecule has 5 heteroatoms. The number of benzene rings is 3. The molecule has 5 nitrogen and oxygen atoms in total. The molecule has 0 aliphatic carbocycles. The number of para-hydroxylation sites is 1. The molecule has 30 heavy (non-hydrogen) atoms. The normalized spacial score (nSPS) is 10.7. The monoisotopic (exact) mass is 398 g/mol. The van der Waals surface area contributed by atoms with Crippen LogP contribution in [-0.2, 0) is 11.4 Å². The van der Waals surface area contributed by atoms with E-state index in [0.717, 1.165) is 5.56 Å². The molecule has 3 rings (SSSR count). The van der Waals surface area contributed by atoms with Gasteiger partial charge in [0.2, 0.25) is 0 Å². The van der Waals surface area contributed by atoms with Crippen LogP contribution in [0.25, 0.3) is 6.08 Å². The molecule has 0 unspecified atom stereocenters. The van der Waals surface area contributed by atoms with Gasteiger partial charge in [-0.15, -0.1) is 0 Å². The van der Waals surface area contributed by atoms with Crippen LogP contribution in [0.4, 0.5) is 5.69 Å². The van der Waals surface area contributed by atoms with Crippen molar-refractivity contribution in [2.75, 3.05) is 11.9 Å². The lowest BCUT2D eigenvalue weighted by Crippen LogP contribution is -2.13. The van der Waals surface area contributed by atoms with Crippen LogP contribution in [-0.4, -0.2) is 12.5 Å². The Hall–Kier alpha value is -4.04. The zero-order valence-electron chi connectivity index (χ0n) is 16.7. The molecule has 0 aliphatic rings. The first-order valence-corrected chi connectivity index (χ1v) is 9.61. The minimum absolute atomic E-state index is 0.00782. The van der Waals surface area contributed by atoms with Crippen molar-refractivity contribution >= 4 is 17.7 Å². The summed E-state index contributed by atoms with van der Waals surface area (Å²) in [5.41, 5.74) is 2.32. The van der Waals surface area contributed by atoms with Crippen LogP contribution in [0.2, 0.25) is 0 Å². The number of rotatable bonds is 8. The first-order valence-electron chi connectivity index (χ1n) is 9.61. The number of nitrogens with zero attached hydrogens (tertiary/aromatic N) is 1. The minimum Gasteiger partial charge on any atom is -0.493 e. The number of hydrogen-bond acceptors (Lipinski definition) is 4. The second-order valence-electron chi connectivity index (χ2n) is 6.39. The molecule has 0 spiro atoms. The second kappa shape index (κ2) is 10.5. The van der Waals surface area contributed by atoms with Crippen molar-refractivity contribution in [1.29, 1.82) is 5.26 Å². The van der Waals surface area contributed by atoms with Gasteiger partial charge in [-0.3, -0.25) is 4.79 Å². The average Bonchev–Trinajstić information content (AvgIpc) is 2.79. The number of amides is 1. The summed E-state index contributed by atoms with van der Waals surface area (Å²) in [5, 5.41) is 12.2. The Morgan fingerprint density at radius 3 is 2.37 bits per heavy atom. The zero-order chi connectivity index (χ0) is 21.2. The van der Waals surface area contributed by atoms with Crippen LogP contribution in [0.3, 0.4) is 0 Å². The molecule has 3 aromatic carbocycles. The number of hydrogen-bond donors (Lipinski definition) is 1. The van der Waals surface area contributed by atoms with E-state index < -0.39 is 5.91 Å². The lowest BCUT2D eigenvalue weighted by molar-refractivity contribution is -0.112. The summed E-state index contributed by atoms with van der Waals surface area (Å²) in [5.74, 6) is 0.834.